The lowest BCUT2D eigenvalue weighted by atomic mass is 9.73. The van der Waals surface area contributed by atoms with Gasteiger partial charge in [0, 0.05) is 18.7 Å². The Kier molecular flexibility index (Phi) is 3.78. The molecule has 0 aromatic rings. The SMILES string of the molecule is C1CC2(C1)CC(N1CCC(CNC3CC3)CC1)CCO2. The topological polar surface area (TPSA) is 24.5 Å². The Balaban J connectivity index is 1.23. The number of rotatable bonds is 4. The number of nitrogens with one attached hydrogen (secondary N) is 1. The molecule has 0 aromatic heterocycles. The Hall–Kier alpha value is -0.120. The van der Waals surface area contributed by atoms with Crippen LogP contribution < -0.4 is 5.32 Å². The summed E-state index contributed by atoms with van der Waals surface area (Å²) >= 11 is 0. The number of hydrogen-bond acceptors (Lipinski definition) is 3. The minimum absolute atomic E-state index is 0.313. The maximum absolute atomic E-state index is 6.08. The van der Waals surface area contributed by atoms with Crippen molar-refractivity contribution in [1.29, 1.82) is 0 Å². The Bertz CT molecular complexity index is 330. The molecule has 4 rings (SSSR count). The van der Waals surface area contributed by atoms with Crippen molar-refractivity contribution in [3.8, 4) is 0 Å². The maximum atomic E-state index is 6.08. The molecule has 0 bridgehead atoms. The van der Waals surface area contributed by atoms with Gasteiger partial charge in [0.05, 0.1) is 5.60 Å². The molecule has 3 nitrogen and oxygen atoms in total. The third kappa shape index (κ3) is 2.90. The van der Waals surface area contributed by atoms with Crippen LogP contribution >= 0.6 is 0 Å². The van der Waals surface area contributed by atoms with Crippen LogP contribution in [0.1, 0.15) is 57.8 Å². The summed E-state index contributed by atoms with van der Waals surface area (Å²) in [4.78, 5) is 2.79. The van der Waals surface area contributed by atoms with E-state index in [1.54, 1.807) is 0 Å². The first-order chi connectivity index (χ1) is 9.83. The largest absolute Gasteiger partial charge is 0.375 e. The molecule has 1 unspecified atom stereocenters. The van der Waals surface area contributed by atoms with Crippen LogP contribution in [0.5, 0.6) is 0 Å². The van der Waals surface area contributed by atoms with E-state index in [9.17, 15) is 0 Å². The zero-order valence-electron chi connectivity index (χ0n) is 12.8. The number of piperidine rings is 1. The molecular formula is C17H30N2O. The summed E-state index contributed by atoms with van der Waals surface area (Å²) in [6.07, 6.45) is 12.3. The molecule has 2 saturated carbocycles. The predicted molar refractivity (Wildman–Crippen MR) is 80.9 cm³/mol. The fourth-order valence-electron chi connectivity index (χ4n) is 4.38. The fraction of sp³-hybridized carbons (Fsp3) is 1.00. The first-order valence-electron chi connectivity index (χ1n) is 8.94. The van der Waals surface area contributed by atoms with Gasteiger partial charge in [0.2, 0.25) is 0 Å². The average molecular weight is 278 g/mol. The van der Waals surface area contributed by atoms with E-state index in [0.29, 0.717) is 5.60 Å². The molecule has 0 amide bonds. The van der Waals surface area contributed by atoms with Gasteiger partial charge >= 0.3 is 0 Å². The van der Waals surface area contributed by atoms with E-state index in [1.165, 1.54) is 77.4 Å². The summed E-state index contributed by atoms with van der Waals surface area (Å²) in [6.45, 7) is 4.94. The second kappa shape index (κ2) is 5.58. The van der Waals surface area contributed by atoms with Gasteiger partial charge in [0.25, 0.3) is 0 Å². The van der Waals surface area contributed by atoms with Gasteiger partial charge in [-0.25, -0.2) is 0 Å². The van der Waals surface area contributed by atoms with Crippen molar-refractivity contribution in [2.24, 2.45) is 5.92 Å². The van der Waals surface area contributed by atoms with E-state index < -0.39 is 0 Å². The minimum Gasteiger partial charge on any atom is -0.375 e. The lowest BCUT2D eigenvalue weighted by Crippen LogP contribution is -2.53. The van der Waals surface area contributed by atoms with E-state index >= 15 is 0 Å². The summed E-state index contributed by atoms with van der Waals surface area (Å²) in [5.41, 5.74) is 0.313. The average Bonchev–Trinajstić information content (AvgIpc) is 3.28. The summed E-state index contributed by atoms with van der Waals surface area (Å²) in [5.74, 6) is 0.935. The zero-order chi connectivity index (χ0) is 13.4. The highest BCUT2D eigenvalue weighted by molar-refractivity contribution is 4.97. The Labute approximate surface area is 123 Å². The molecule has 3 heteroatoms. The molecule has 1 spiro atoms. The van der Waals surface area contributed by atoms with Crippen molar-refractivity contribution in [1.82, 2.24) is 10.2 Å². The van der Waals surface area contributed by atoms with Gasteiger partial charge in [-0.3, -0.25) is 0 Å². The molecule has 1 N–H and O–H groups in total. The van der Waals surface area contributed by atoms with Crippen LogP contribution in [0.2, 0.25) is 0 Å². The van der Waals surface area contributed by atoms with Gasteiger partial charge in [-0.2, -0.15) is 0 Å². The normalized spacial score (nSPS) is 35.1. The summed E-state index contributed by atoms with van der Waals surface area (Å²) in [6, 6.07) is 1.70. The molecule has 0 radical (unpaired) electrons. The standard InChI is InChI=1S/C17H30N2O/c1-7-17(8-1)12-16(6-11-20-17)19-9-4-14(5-10-19)13-18-15-2-3-15/h14-16,18H,1-13H2. The van der Waals surface area contributed by atoms with E-state index in [2.05, 4.69) is 10.2 Å². The van der Waals surface area contributed by atoms with E-state index in [0.717, 1.165) is 24.6 Å². The molecule has 2 aliphatic carbocycles. The fourth-order valence-corrected chi connectivity index (χ4v) is 4.38. The van der Waals surface area contributed by atoms with Gasteiger partial charge in [-0.1, -0.05) is 0 Å². The number of nitrogens with zero attached hydrogens (tertiary/aromatic N) is 1. The highest BCUT2D eigenvalue weighted by Gasteiger charge is 2.44. The van der Waals surface area contributed by atoms with Crippen molar-refractivity contribution in [3.05, 3.63) is 0 Å². The van der Waals surface area contributed by atoms with Crippen molar-refractivity contribution in [2.45, 2.75) is 75.5 Å². The molecule has 114 valence electrons. The zero-order valence-corrected chi connectivity index (χ0v) is 12.8. The Morgan fingerprint density at radius 2 is 1.85 bits per heavy atom. The molecule has 2 heterocycles. The highest BCUT2D eigenvalue weighted by atomic mass is 16.5. The molecular weight excluding hydrogens is 248 g/mol. The molecule has 0 aromatic carbocycles. The number of hydrogen-bond donors (Lipinski definition) is 1. The lowest BCUT2D eigenvalue weighted by Gasteiger charge is -2.50. The van der Waals surface area contributed by atoms with Crippen LogP contribution in [0, 0.1) is 5.92 Å². The molecule has 4 fully saturated rings. The van der Waals surface area contributed by atoms with Crippen LogP contribution in [0.25, 0.3) is 0 Å². The van der Waals surface area contributed by atoms with Gasteiger partial charge in [-0.15, -0.1) is 0 Å². The maximum Gasteiger partial charge on any atom is 0.0697 e. The highest BCUT2D eigenvalue weighted by Crippen LogP contribution is 2.43. The third-order valence-corrected chi connectivity index (χ3v) is 6.17. The number of likely N-dealkylation sites (tertiary alicyclic amines) is 1. The van der Waals surface area contributed by atoms with Crippen LogP contribution in [0.3, 0.4) is 0 Å². The van der Waals surface area contributed by atoms with Gasteiger partial charge in [0.15, 0.2) is 0 Å². The third-order valence-electron chi connectivity index (χ3n) is 6.17. The molecule has 2 aliphatic heterocycles. The first kappa shape index (κ1) is 13.5. The van der Waals surface area contributed by atoms with Crippen molar-refractivity contribution >= 4 is 0 Å². The Morgan fingerprint density at radius 3 is 2.50 bits per heavy atom. The quantitative estimate of drug-likeness (QED) is 0.855. The van der Waals surface area contributed by atoms with Crippen molar-refractivity contribution in [2.75, 3.05) is 26.2 Å². The van der Waals surface area contributed by atoms with Crippen molar-refractivity contribution in [3.63, 3.8) is 0 Å². The van der Waals surface area contributed by atoms with Crippen LogP contribution in [-0.4, -0.2) is 48.8 Å². The van der Waals surface area contributed by atoms with Crippen LogP contribution in [-0.2, 0) is 4.74 Å². The lowest BCUT2D eigenvalue weighted by molar-refractivity contribution is -0.150. The smallest absolute Gasteiger partial charge is 0.0697 e. The summed E-state index contributed by atoms with van der Waals surface area (Å²) < 4.78 is 6.08. The van der Waals surface area contributed by atoms with Crippen LogP contribution in [0.4, 0.5) is 0 Å². The second-order valence-corrected chi connectivity index (χ2v) is 7.69. The number of ether oxygens (including phenoxy) is 1. The molecule has 2 saturated heterocycles. The van der Waals surface area contributed by atoms with E-state index in [4.69, 9.17) is 4.74 Å². The first-order valence-corrected chi connectivity index (χ1v) is 8.94. The summed E-state index contributed by atoms with van der Waals surface area (Å²) in [7, 11) is 0. The molecule has 1 atom stereocenters. The monoisotopic (exact) mass is 278 g/mol. The van der Waals surface area contributed by atoms with Crippen LogP contribution in [0.15, 0.2) is 0 Å². The molecule has 4 aliphatic rings. The van der Waals surface area contributed by atoms with Crippen molar-refractivity contribution < 1.29 is 4.74 Å². The van der Waals surface area contributed by atoms with Gasteiger partial charge < -0.3 is 15.0 Å². The predicted octanol–water partition coefficient (Wildman–Crippen LogP) is 2.55. The minimum atomic E-state index is 0.313. The van der Waals surface area contributed by atoms with Gasteiger partial charge in [0.1, 0.15) is 0 Å². The Morgan fingerprint density at radius 1 is 1.05 bits per heavy atom. The van der Waals surface area contributed by atoms with E-state index in [-0.39, 0.29) is 0 Å². The van der Waals surface area contributed by atoms with Gasteiger partial charge in [-0.05, 0) is 83.3 Å². The second-order valence-electron chi connectivity index (χ2n) is 7.69. The van der Waals surface area contributed by atoms with E-state index in [1.807, 2.05) is 0 Å². The summed E-state index contributed by atoms with van der Waals surface area (Å²) in [5, 5.41) is 3.71. The molecule has 20 heavy (non-hydrogen) atoms.